The molecule has 1 spiro atoms. The number of benzene rings is 2. The molecular weight excluding hydrogens is 342 g/mol. The van der Waals surface area contributed by atoms with Gasteiger partial charge >= 0.3 is 5.97 Å². The molecule has 0 unspecified atom stereocenters. The van der Waals surface area contributed by atoms with Gasteiger partial charge in [-0.15, -0.1) is 0 Å². The van der Waals surface area contributed by atoms with Gasteiger partial charge in [-0.05, 0) is 23.8 Å². The number of rotatable bonds is 3. The second-order valence-electron chi connectivity index (χ2n) is 6.80. The fourth-order valence-corrected chi connectivity index (χ4v) is 3.67. The molecule has 4 rings (SSSR count). The smallest absolute Gasteiger partial charge is 0.338 e. The standard InChI is InChI=1S/C21H23N3O3/c1-26-19(25)16-7-3-2-6-15(16)14-22-20-21(10-12-27-13-11-21)24-18-9-5-4-8-17(18)23-20/h2-9,24H,10-14H2,1H3,(H,22,23). The second kappa shape index (κ2) is 7.40. The maximum absolute atomic E-state index is 12.0. The maximum atomic E-state index is 12.0. The van der Waals surface area contributed by atoms with E-state index in [1.807, 2.05) is 36.4 Å². The molecule has 0 radical (unpaired) electrons. The number of nitrogens with one attached hydrogen (secondary N) is 2. The summed E-state index contributed by atoms with van der Waals surface area (Å²) >= 11 is 0. The first kappa shape index (κ1) is 17.5. The minimum atomic E-state index is -0.341. The number of fused-ring (bicyclic) bond motifs is 1. The minimum absolute atomic E-state index is 0.271. The number of nitrogens with zero attached hydrogens (tertiary/aromatic N) is 1. The van der Waals surface area contributed by atoms with Gasteiger partial charge < -0.3 is 20.1 Å². The predicted octanol–water partition coefficient (Wildman–Crippen LogP) is 3.46. The Morgan fingerprint density at radius 2 is 1.81 bits per heavy atom. The third-order valence-electron chi connectivity index (χ3n) is 5.18. The van der Waals surface area contributed by atoms with Crippen LogP contribution in [0.25, 0.3) is 0 Å². The highest BCUT2D eigenvalue weighted by molar-refractivity contribution is 6.09. The van der Waals surface area contributed by atoms with Gasteiger partial charge in [0.15, 0.2) is 0 Å². The number of para-hydroxylation sites is 2. The van der Waals surface area contributed by atoms with Crippen molar-refractivity contribution in [3.63, 3.8) is 0 Å². The van der Waals surface area contributed by atoms with E-state index in [2.05, 4.69) is 16.7 Å². The number of amidine groups is 1. The molecule has 6 heteroatoms. The van der Waals surface area contributed by atoms with Gasteiger partial charge in [0.2, 0.25) is 0 Å². The zero-order valence-corrected chi connectivity index (χ0v) is 15.3. The van der Waals surface area contributed by atoms with Crippen molar-refractivity contribution in [2.75, 3.05) is 31.0 Å². The molecule has 2 heterocycles. The van der Waals surface area contributed by atoms with Crippen LogP contribution in [0.3, 0.4) is 0 Å². The molecule has 1 fully saturated rings. The quantitative estimate of drug-likeness (QED) is 0.815. The summed E-state index contributed by atoms with van der Waals surface area (Å²) in [5.41, 5.74) is 3.21. The lowest BCUT2D eigenvalue weighted by atomic mass is 9.86. The van der Waals surface area contributed by atoms with Crippen LogP contribution in [0, 0.1) is 0 Å². The lowest BCUT2D eigenvalue weighted by Gasteiger charge is -2.43. The number of ether oxygens (including phenoxy) is 2. The predicted molar refractivity (Wildman–Crippen MR) is 105 cm³/mol. The van der Waals surface area contributed by atoms with E-state index in [-0.39, 0.29) is 11.5 Å². The van der Waals surface area contributed by atoms with Crippen molar-refractivity contribution in [3.8, 4) is 0 Å². The summed E-state index contributed by atoms with van der Waals surface area (Å²) in [7, 11) is 1.39. The fraction of sp³-hybridized carbons (Fsp3) is 0.333. The SMILES string of the molecule is COC(=O)c1ccccc1CN=C1Nc2ccccc2NC12CCOCC2. The molecule has 27 heavy (non-hydrogen) atoms. The van der Waals surface area contributed by atoms with Crippen LogP contribution in [0.2, 0.25) is 0 Å². The molecule has 2 aromatic rings. The van der Waals surface area contributed by atoms with E-state index in [1.165, 1.54) is 7.11 Å². The molecule has 0 aliphatic carbocycles. The van der Waals surface area contributed by atoms with Gasteiger partial charge in [-0.2, -0.15) is 0 Å². The molecule has 0 aromatic heterocycles. The van der Waals surface area contributed by atoms with Crippen molar-refractivity contribution in [1.82, 2.24) is 0 Å². The molecule has 0 bridgehead atoms. The largest absolute Gasteiger partial charge is 0.465 e. The summed E-state index contributed by atoms with van der Waals surface area (Å²) in [6, 6.07) is 15.6. The van der Waals surface area contributed by atoms with Crippen molar-refractivity contribution in [3.05, 3.63) is 59.7 Å². The van der Waals surface area contributed by atoms with E-state index in [9.17, 15) is 4.79 Å². The Morgan fingerprint density at radius 3 is 2.59 bits per heavy atom. The summed E-state index contributed by atoms with van der Waals surface area (Å²) < 4.78 is 10.5. The van der Waals surface area contributed by atoms with Gasteiger partial charge in [0, 0.05) is 26.1 Å². The number of anilines is 2. The first-order valence-electron chi connectivity index (χ1n) is 9.15. The normalized spacial score (nSPS) is 19.1. The maximum Gasteiger partial charge on any atom is 0.338 e. The first-order valence-corrected chi connectivity index (χ1v) is 9.15. The molecule has 2 aliphatic heterocycles. The Balaban J connectivity index is 1.68. The monoisotopic (exact) mass is 365 g/mol. The summed E-state index contributed by atoms with van der Waals surface area (Å²) in [6.45, 7) is 1.78. The molecule has 2 aromatic carbocycles. The van der Waals surface area contributed by atoms with Crippen molar-refractivity contribution in [2.45, 2.75) is 24.9 Å². The average Bonchev–Trinajstić information content (AvgIpc) is 2.72. The van der Waals surface area contributed by atoms with E-state index in [4.69, 9.17) is 14.5 Å². The number of carbonyl (C=O) groups excluding carboxylic acids is 1. The van der Waals surface area contributed by atoms with Crippen LogP contribution in [-0.2, 0) is 16.0 Å². The zero-order valence-electron chi connectivity index (χ0n) is 15.3. The Labute approximate surface area is 158 Å². The van der Waals surface area contributed by atoms with Crippen LogP contribution in [0.1, 0.15) is 28.8 Å². The van der Waals surface area contributed by atoms with Crippen molar-refractivity contribution in [1.29, 1.82) is 0 Å². The van der Waals surface area contributed by atoms with E-state index in [0.717, 1.165) is 35.6 Å². The Hall–Kier alpha value is -2.86. The highest BCUT2D eigenvalue weighted by atomic mass is 16.5. The molecule has 6 nitrogen and oxygen atoms in total. The van der Waals surface area contributed by atoms with Crippen molar-refractivity contribution >= 4 is 23.2 Å². The average molecular weight is 365 g/mol. The zero-order chi connectivity index (χ0) is 18.7. The number of hydrogen-bond donors (Lipinski definition) is 2. The summed E-state index contributed by atoms with van der Waals surface area (Å²) in [5.74, 6) is 0.552. The van der Waals surface area contributed by atoms with E-state index >= 15 is 0 Å². The number of aliphatic imine (C=N–C) groups is 1. The van der Waals surface area contributed by atoms with Gasteiger partial charge in [0.25, 0.3) is 0 Å². The molecule has 2 aliphatic rings. The number of methoxy groups -OCH3 is 1. The molecular formula is C21H23N3O3. The van der Waals surface area contributed by atoms with Gasteiger partial charge in [0.1, 0.15) is 5.84 Å². The van der Waals surface area contributed by atoms with Crippen LogP contribution in [0.5, 0.6) is 0 Å². The Kier molecular flexibility index (Phi) is 4.81. The van der Waals surface area contributed by atoms with Crippen molar-refractivity contribution < 1.29 is 14.3 Å². The number of hydrogen-bond acceptors (Lipinski definition) is 5. The molecule has 0 saturated carbocycles. The Bertz CT molecular complexity index is 872. The minimum Gasteiger partial charge on any atom is -0.465 e. The molecule has 1 saturated heterocycles. The summed E-state index contributed by atoms with van der Waals surface area (Å²) in [5, 5.41) is 7.19. The second-order valence-corrected chi connectivity index (χ2v) is 6.80. The summed E-state index contributed by atoms with van der Waals surface area (Å²) in [4.78, 5) is 16.9. The van der Waals surface area contributed by atoms with E-state index in [0.29, 0.717) is 25.3 Å². The highest BCUT2D eigenvalue weighted by Crippen LogP contribution is 2.36. The van der Waals surface area contributed by atoms with Crippen LogP contribution in [-0.4, -0.2) is 37.7 Å². The lowest BCUT2D eigenvalue weighted by molar-refractivity contribution is 0.0599. The lowest BCUT2D eigenvalue weighted by Crippen LogP contribution is -2.55. The molecule has 0 amide bonds. The number of carbonyl (C=O) groups is 1. The van der Waals surface area contributed by atoms with Gasteiger partial charge in [-0.3, -0.25) is 4.99 Å². The molecule has 2 N–H and O–H groups in total. The van der Waals surface area contributed by atoms with Crippen LogP contribution in [0.4, 0.5) is 11.4 Å². The van der Waals surface area contributed by atoms with Gasteiger partial charge in [0.05, 0.1) is 36.1 Å². The van der Waals surface area contributed by atoms with Crippen LogP contribution < -0.4 is 10.6 Å². The fourth-order valence-electron chi connectivity index (χ4n) is 3.67. The number of esters is 1. The van der Waals surface area contributed by atoms with Crippen LogP contribution >= 0.6 is 0 Å². The molecule has 0 atom stereocenters. The third kappa shape index (κ3) is 3.40. The Morgan fingerprint density at radius 1 is 1.11 bits per heavy atom. The topological polar surface area (TPSA) is 72.0 Å². The molecule has 140 valence electrons. The summed E-state index contributed by atoms with van der Waals surface area (Å²) in [6.07, 6.45) is 1.68. The van der Waals surface area contributed by atoms with Gasteiger partial charge in [-0.25, -0.2) is 4.79 Å². The van der Waals surface area contributed by atoms with Crippen molar-refractivity contribution in [2.24, 2.45) is 4.99 Å². The van der Waals surface area contributed by atoms with Gasteiger partial charge in [-0.1, -0.05) is 30.3 Å². The third-order valence-corrected chi connectivity index (χ3v) is 5.18. The van der Waals surface area contributed by atoms with Crippen LogP contribution in [0.15, 0.2) is 53.5 Å². The first-order chi connectivity index (χ1) is 13.2. The highest BCUT2D eigenvalue weighted by Gasteiger charge is 2.41. The van der Waals surface area contributed by atoms with E-state index < -0.39 is 0 Å². The van der Waals surface area contributed by atoms with E-state index in [1.54, 1.807) is 6.07 Å².